The third kappa shape index (κ3) is 1.75. The first-order chi connectivity index (χ1) is 9.22. The van der Waals surface area contributed by atoms with Crippen LogP contribution < -0.4 is 9.47 Å². The second-order valence-corrected chi connectivity index (χ2v) is 6.20. The minimum Gasteiger partial charge on any atom is -0.451 e. The van der Waals surface area contributed by atoms with Crippen LogP contribution in [0.3, 0.4) is 0 Å². The number of ether oxygens (including phenoxy) is 2. The average Bonchev–Trinajstić information content (AvgIpc) is 2.84. The van der Waals surface area contributed by atoms with Crippen molar-refractivity contribution in [2.24, 2.45) is 0 Å². The summed E-state index contributed by atoms with van der Waals surface area (Å²) in [7, 11) is 2.29. The van der Waals surface area contributed by atoms with Gasteiger partial charge in [-0.15, -0.1) is 0 Å². The fourth-order valence-electron chi connectivity index (χ4n) is 4.11. The Labute approximate surface area is 114 Å². The highest BCUT2D eigenvalue weighted by atomic mass is 16.7. The van der Waals surface area contributed by atoms with Crippen molar-refractivity contribution in [2.75, 3.05) is 7.05 Å². The van der Waals surface area contributed by atoms with E-state index in [1.807, 2.05) is 13.0 Å². The molecule has 1 aromatic carbocycles. The number of para-hydroxylation sites is 1. The van der Waals surface area contributed by atoms with Crippen LogP contribution in [0.2, 0.25) is 0 Å². The zero-order chi connectivity index (χ0) is 13.0. The highest BCUT2D eigenvalue weighted by molar-refractivity contribution is 5.50. The van der Waals surface area contributed by atoms with Crippen molar-refractivity contribution in [1.82, 2.24) is 4.90 Å². The van der Waals surface area contributed by atoms with Gasteiger partial charge in [0.05, 0.1) is 0 Å². The maximum atomic E-state index is 5.87. The lowest BCUT2D eigenvalue weighted by Gasteiger charge is -2.36. The lowest BCUT2D eigenvalue weighted by atomic mass is 9.85. The van der Waals surface area contributed by atoms with Crippen LogP contribution in [0.15, 0.2) is 18.2 Å². The maximum absolute atomic E-state index is 5.87. The first-order valence-corrected chi connectivity index (χ1v) is 7.40. The number of fused-ring (bicyclic) bond motifs is 3. The van der Waals surface area contributed by atoms with Gasteiger partial charge in [0.2, 0.25) is 6.29 Å². The van der Waals surface area contributed by atoms with Crippen LogP contribution in [-0.4, -0.2) is 30.3 Å². The topological polar surface area (TPSA) is 21.7 Å². The standard InChI is InChI=1S/C16H21NO2/c1-10-18-15-5-3-4-14(16(15)19-10)11-8-12-6-7-13(9-11)17(12)2/h3-5,10-13H,6-9H2,1-2H3. The number of hydrogen-bond acceptors (Lipinski definition) is 3. The van der Waals surface area contributed by atoms with Crippen molar-refractivity contribution < 1.29 is 9.47 Å². The van der Waals surface area contributed by atoms with E-state index in [1.54, 1.807) is 0 Å². The Hall–Kier alpha value is -1.22. The van der Waals surface area contributed by atoms with Gasteiger partial charge in [-0.3, -0.25) is 0 Å². The van der Waals surface area contributed by atoms with Crippen LogP contribution in [0.25, 0.3) is 0 Å². The van der Waals surface area contributed by atoms with Crippen LogP contribution in [0, 0.1) is 0 Å². The van der Waals surface area contributed by atoms with Gasteiger partial charge in [0.1, 0.15) is 0 Å². The zero-order valence-electron chi connectivity index (χ0n) is 11.6. The first-order valence-electron chi connectivity index (χ1n) is 7.40. The molecule has 0 spiro atoms. The van der Waals surface area contributed by atoms with E-state index in [4.69, 9.17) is 9.47 Å². The van der Waals surface area contributed by atoms with Crippen LogP contribution in [0.1, 0.15) is 44.1 Å². The van der Waals surface area contributed by atoms with Crippen molar-refractivity contribution in [3.63, 3.8) is 0 Å². The lowest BCUT2D eigenvalue weighted by Crippen LogP contribution is -2.39. The third-order valence-corrected chi connectivity index (χ3v) is 5.12. The Balaban J connectivity index is 1.66. The Morgan fingerprint density at radius 2 is 1.84 bits per heavy atom. The molecule has 2 bridgehead atoms. The molecule has 2 saturated heterocycles. The quantitative estimate of drug-likeness (QED) is 0.773. The molecule has 0 saturated carbocycles. The Morgan fingerprint density at radius 3 is 2.58 bits per heavy atom. The molecule has 1 aromatic rings. The second-order valence-electron chi connectivity index (χ2n) is 6.20. The lowest BCUT2D eigenvalue weighted by molar-refractivity contribution is 0.0666. The molecule has 19 heavy (non-hydrogen) atoms. The zero-order valence-corrected chi connectivity index (χ0v) is 11.6. The molecular formula is C16H21NO2. The molecule has 3 heteroatoms. The SMILES string of the molecule is CC1Oc2cccc(C3CC4CCC(C3)N4C)c2O1. The molecule has 0 aliphatic carbocycles. The van der Waals surface area contributed by atoms with Crippen LogP contribution in [-0.2, 0) is 0 Å². The summed E-state index contributed by atoms with van der Waals surface area (Å²) in [6.07, 6.45) is 5.11. The molecule has 0 amide bonds. The summed E-state index contributed by atoms with van der Waals surface area (Å²) in [6.45, 7) is 1.96. The number of piperidine rings is 1. The molecule has 3 nitrogen and oxygen atoms in total. The predicted molar refractivity (Wildman–Crippen MR) is 73.7 cm³/mol. The minimum atomic E-state index is -0.140. The minimum absolute atomic E-state index is 0.140. The molecular weight excluding hydrogens is 238 g/mol. The summed E-state index contributed by atoms with van der Waals surface area (Å²) in [5, 5.41) is 0. The molecule has 3 aliphatic heterocycles. The van der Waals surface area contributed by atoms with Gasteiger partial charge in [0, 0.05) is 24.6 Å². The summed E-state index contributed by atoms with van der Waals surface area (Å²) in [5.41, 5.74) is 1.37. The van der Waals surface area contributed by atoms with Gasteiger partial charge in [-0.05, 0) is 44.7 Å². The van der Waals surface area contributed by atoms with E-state index in [2.05, 4.69) is 24.1 Å². The summed E-state index contributed by atoms with van der Waals surface area (Å²) in [5.74, 6) is 2.57. The molecule has 3 unspecified atom stereocenters. The molecule has 0 N–H and O–H groups in total. The van der Waals surface area contributed by atoms with Gasteiger partial charge in [-0.2, -0.15) is 0 Å². The van der Waals surface area contributed by atoms with Crippen molar-refractivity contribution >= 4 is 0 Å². The van der Waals surface area contributed by atoms with Gasteiger partial charge >= 0.3 is 0 Å². The summed E-state index contributed by atoms with van der Waals surface area (Å²) >= 11 is 0. The second kappa shape index (κ2) is 4.14. The third-order valence-electron chi connectivity index (χ3n) is 5.12. The summed E-state index contributed by atoms with van der Waals surface area (Å²) < 4.78 is 11.6. The Bertz CT molecular complexity index is 488. The fourth-order valence-corrected chi connectivity index (χ4v) is 4.11. The first kappa shape index (κ1) is 11.6. The molecule has 3 heterocycles. The Kier molecular flexibility index (Phi) is 2.52. The number of nitrogens with zero attached hydrogens (tertiary/aromatic N) is 1. The smallest absolute Gasteiger partial charge is 0.238 e. The highest BCUT2D eigenvalue weighted by Crippen LogP contribution is 2.48. The van der Waals surface area contributed by atoms with E-state index in [1.165, 1.54) is 31.2 Å². The van der Waals surface area contributed by atoms with E-state index in [-0.39, 0.29) is 6.29 Å². The molecule has 2 fully saturated rings. The molecule has 0 radical (unpaired) electrons. The van der Waals surface area contributed by atoms with Gasteiger partial charge in [0.25, 0.3) is 0 Å². The van der Waals surface area contributed by atoms with Crippen molar-refractivity contribution in [1.29, 1.82) is 0 Å². The van der Waals surface area contributed by atoms with Crippen molar-refractivity contribution in [3.05, 3.63) is 23.8 Å². The average molecular weight is 259 g/mol. The molecule has 0 aromatic heterocycles. The van der Waals surface area contributed by atoms with Gasteiger partial charge in [0.15, 0.2) is 11.5 Å². The van der Waals surface area contributed by atoms with Gasteiger partial charge in [-0.25, -0.2) is 0 Å². The van der Waals surface area contributed by atoms with Crippen LogP contribution in [0.4, 0.5) is 0 Å². The number of benzene rings is 1. The molecule has 3 aliphatic rings. The van der Waals surface area contributed by atoms with E-state index >= 15 is 0 Å². The molecule has 4 rings (SSSR count). The largest absolute Gasteiger partial charge is 0.451 e. The number of rotatable bonds is 1. The maximum Gasteiger partial charge on any atom is 0.238 e. The van der Waals surface area contributed by atoms with E-state index in [0.717, 1.165) is 23.6 Å². The summed E-state index contributed by atoms with van der Waals surface area (Å²) in [6, 6.07) is 7.89. The molecule has 102 valence electrons. The predicted octanol–water partition coefficient (Wildman–Crippen LogP) is 3.14. The van der Waals surface area contributed by atoms with Crippen molar-refractivity contribution in [2.45, 2.75) is 56.9 Å². The van der Waals surface area contributed by atoms with Gasteiger partial charge in [-0.1, -0.05) is 12.1 Å². The van der Waals surface area contributed by atoms with E-state index < -0.39 is 0 Å². The number of hydrogen-bond donors (Lipinski definition) is 0. The molecule has 3 atom stereocenters. The fraction of sp³-hybridized carbons (Fsp3) is 0.625. The Morgan fingerprint density at radius 1 is 1.11 bits per heavy atom. The normalized spacial score (nSPS) is 36.7. The summed E-state index contributed by atoms with van der Waals surface area (Å²) in [4.78, 5) is 2.58. The monoisotopic (exact) mass is 259 g/mol. The van der Waals surface area contributed by atoms with Crippen LogP contribution >= 0.6 is 0 Å². The van der Waals surface area contributed by atoms with Gasteiger partial charge < -0.3 is 14.4 Å². The highest BCUT2D eigenvalue weighted by Gasteiger charge is 2.40. The van der Waals surface area contributed by atoms with Crippen molar-refractivity contribution in [3.8, 4) is 11.5 Å². The van der Waals surface area contributed by atoms with Crippen LogP contribution in [0.5, 0.6) is 11.5 Å². The van der Waals surface area contributed by atoms with E-state index in [0.29, 0.717) is 5.92 Å². The van der Waals surface area contributed by atoms with E-state index in [9.17, 15) is 0 Å².